The van der Waals surface area contributed by atoms with Gasteiger partial charge in [-0.3, -0.25) is 14.5 Å². The predicted octanol–water partition coefficient (Wildman–Crippen LogP) is 3.32. The molecule has 4 rings (SSSR count). The lowest BCUT2D eigenvalue weighted by atomic mass is 9.98. The molecule has 36 heavy (non-hydrogen) atoms. The summed E-state index contributed by atoms with van der Waals surface area (Å²) in [5, 5.41) is 5.39. The van der Waals surface area contributed by atoms with Crippen molar-refractivity contribution in [2.45, 2.75) is 43.5 Å². The van der Waals surface area contributed by atoms with Gasteiger partial charge in [0.15, 0.2) is 5.78 Å². The van der Waals surface area contributed by atoms with E-state index in [0.29, 0.717) is 31.6 Å². The molecule has 3 heterocycles. The van der Waals surface area contributed by atoms with Crippen LogP contribution >= 0.6 is 11.3 Å². The summed E-state index contributed by atoms with van der Waals surface area (Å²) in [7, 11) is -3.75. The normalized spacial score (nSPS) is 18.8. The van der Waals surface area contributed by atoms with Crippen LogP contribution in [0, 0.1) is 5.92 Å². The summed E-state index contributed by atoms with van der Waals surface area (Å²) in [4.78, 5) is 28.8. The van der Waals surface area contributed by atoms with Gasteiger partial charge in [-0.1, -0.05) is 18.2 Å². The van der Waals surface area contributed by atoms with E-state index in [2.05, 4.69) is 27.7 Å². The van der Waals surface area contributed by atoms with Crippen molar-refractivity contribution in [1.82, 2.24) is 14.5 Å². The van der Waals surface area contributed by atoms with Crippen LogP contribution in [0.4, 0.5) is 0 Å². The van der Waals surface area contributed by atoms with Crippen LogP contribution in [0.15, 0.2) is 46.7 Å². The number of carbonyl (C=O) groups is 2. The molecule has 196 valence electrons. The topological polar surface area (TPSA) is 96.0 Å². The molecule has 1 N–H and O–H groups in total. The fraction of sp³-hybridized carbons (Fsp3) is 0.538. The van der Waals surface area contributed by atoms with E-state index in [9.17, 15) is 18.0 Å². The first kappa shape index (κ1) is 26.9. The minimum absolute atomic E-state index is 0.108. The first-order chi connectivity index (χ1) is 17.4. The number of carbonyl (C=O) groups excluding carboxylic acids is 2. The van der Waals surface area contributed by atoms with Crippen molar-refractivity contribution in [1.29, 1.82) is 0 Å². The maximum absolute atomic E-state index is 13.2. The first-order valence-corrected chi connectivity index (χ1v) is 15.0. The van der Waals surface area contributed by atoms with Crippen molar-refractivity contribution in [3.8, 4) is 0 Å². The summed E-state index contributed by atoms with van der Waals surface area (Å²) >= 11 is 1.73. The number of Topliss-reactive ketones (excluding diaryl/α,β-unsaturated/α-hetero) is 1. The zero-order valence-electron chi connectivity index (χ0n) is 20.7. The number of hydrogen-bond acceptors (Lipinski definition) is 8. The zero-order chi connectivity index (χ0) is 25.5. The number of nitrogens with zero attached hydrogens (tertiary/aromatic N) is 2. The average molecular weight is 534 g/mol. The summed E-state index contributed by atoms with van der Waals surface area (Å²) in [6, 6.07) is 10.7. The molecule has 2 aromatic rings. The summed E-state index contributed by atoms with van der Waals surface area (Å²) in [5.74, 6) is -0.672. The van der Waals surface area contributed by atoms with E-state index in [1.165, 1.54) is 34.2 Å². The minimum Gasteiger partial charge on any atom is -0.466 e. The van der Waals surface area contributed by atoms with Gasteiger partial charge in [-0.05, 0) is 69.3 Å². The van der Waals surface area contributed by atoms with Crippen molar-refractivity contribution in [3.63, 3.8) is 0 Å². The monoisotopic (exact) mass is 533 g/mol. The minimum atomic E-state index is -3.75. The lowest BCUT2D eigenvalue weighted by Gasteiger charge is -2.30. The molecule has 0 amide bonds. The highest BCUT2D eigenvalue weighted by Crippen LogP contribution is 2.28. The molecule has 1 aromatic carbocycles. The maximum Gasteiger partial charge on any atom is 0.309 e. The van der Waals surface area contributed by atoms with Gasteiger partial charge in [-0.2, -0.15) is 4.31 Å². The van der Waals surface area contributed by atoms with Gasteiger partial charge in [-0.15, -0.1) is 11.3 Å². The summed E-state index contributed by atoms with van der Waals surface area (Å²) in [6.45, 7) is 5.53. The van der Waals surface area contributed by atoms with Crippen molar-refractivity contribution in [3.05, 3.63) is 52.2 Å². The van der Waals surface area contributed by atoms with Crippen molar-refractivity contribution < 1.29 is 22.7 Å². The van der Waals surface area contributed by atoms with Crippen molar-refractivity contribution in [2.24, 2.45) is 5.92 Å². The van der Waals surface area contributed by atoms with Gasteiger partial charge in [-0.25, -0.2) is 8.42 Å². The van der Waals surface area contributed by atoms with E-state index < -0.39 is 10.0 Å². The standard InChI is InChI=1S/C26H35N3O5S2/c1-2-34-26(31)20-10-14-29(15-11-20)36(32,33)22-8-5-7-21(17-22)24(30)19-27-18-23(25-9-6-16-35-25)28-12-3-4-13-28/h5-9,16-17,20,23,27H,2-4,10-15,18-19H2,1H3. The van der Waals surface area contributed by atoms with Gasteiger partial charge in [0, 0.05) is 30.1 Å². The van der Waals surface area contributed by atoms with Gasteiger partial charge < -0.3 is 10.1 Å². The molecule has 0 saturated carbocycles. The molecule has 2 aliphatic heterocycles. The van der Waals surface area contributed by atoms with E-state index in [1.54, 1.807) is 30.4 Å². The Morgan fingerprint density at radius 3 is 2.53 bits per heavy atom. The highest BCUT2D eigenvalue weighted by Gasteiger charge is 2.33. The van der Waals surface area contributed by atoms with E-state index in [1.807, 2.05) is 0 Å². The second-order valence-electron chi connectivity index (χ2n) is 9.29. The predicted molar refractivity (Wildman–Crippen MR) is 140 cm³/mol. The molecule has 1 aromatic heterocycles. The molecule has 0 spiro atoms. The third-order valence-corrected chi connectivity index (χ3v) is 9.81. The number of rotatable bonds is 11. The van der Waals surface area contributed by atoms with Crippen LogP contribution in [0.25, 0.3) is 0 Å². The van der Waals surface area contributed by atoms with Crippen LogP contribution < -0.4 is 5.32 Å². The molecule has 1 unspecified atom stereocenters. The Morgan fingerprint density at radius 1 is 1.11 bits per heavy atom. The number of ether oxygens (including phenoxy) is 1. The number of piperidine rings is 1. The van der Waals surface area contributed by atoms with Crippen LogP contribution in [0.1, 0.15) is 53.9 Å². The average Bonchev–Trinajstić information content (AvgIpc) is 3.62. The Morgan fingerprint density at radius 2 is 1.86 bits per heavy atom. The Kier molecular flexibility index (Phi) is 9.30. The molecule has 2 fully saturated rings. The largest absolute Gasteiger partial charge is 0.466 e. The second kappa shape index (κ2) is 12.4. The Labute approximate surface area is 217 Å². The first-order valence-electron chi connectivity index (χ1n) is 12.7. The molecule has 0 aliphatic carbocycles. The number of esters is 1. The smallest absolute Gasteiger partial charge is 0.309 e. The number of thiophene rings is 1. The van der Waals surface area contributed by atoms with Gasteiger partial charge in [0.1, 0.15) is 0 Å². The zero-order valence-corrected chi connectivity index (χ0v) is 22.4. The maximum atomic E-state index is 13.2. The molecule has 2 saturated heterocycles. The van der Waals surface area contributed by atoms with E-state index >= 15 is 0 Å². The van der Waals surface area contributed by atoms with Crippen LogP contribution in [0.3, 0.4) is 0 Å². The number of likely N-dealkylation sites (tertiary alicyclic amines) is 1. The van der Waals surface area contributed by atoms with E-state index in [0.717, 1.165) is 13.1 Å². The van der Waals surface area contributed by atoms with Crippen molar-refractivity contribution in [2.75, 3.05) is 45.9 Å². The second-order valence-corrected chi connectivity index (χ2v) is 12.2. The summed E-state index contributed by atoms with van der Waals surface area (Å²) in [6.07, 6.45) is 3.26. The third-order valence-electron chi connectivity index (χ3n) is 6.94. The third kappa shape index (κ3) is 6.41. The number of benzene rings is 1. The molecule has 10 heteroatoms. The quantitative estimate of drug-likeness (QED) is 0.350. The lowest BCUT2D eigenvalue weighted by Crippen LogP contribution is -2.40. The van der Waals surface area contributed by atoms with Gasteiger partial charge in [0.2, 0.25) is 10.0 Å². The number of sulfonamides is 1. The molecule has 8 nitrogen and oxygen atoms in total. The molecule has 1 atom stereocenters. The molecule has 2 aliphatic rings. The molecular weight excluding hydrogens is 498 g/mol. The van der Waals surface area contributed by atoms with Gasteiger partial charge in [0.25, 0.3) is 0 Å². The summed E-state index contributed by atoms with van der Waals surface area (Å²) in [5.41, 5.74) is 0.374. The Bertz CT molecular complexity index is 1120. The van der Waals surface area contributed by atoms with Crippen molar-refractivity contribution >= 4 is 33.1 Å². The van der Waals surface area contributed by atoms with E-state index in [-0.39, 0.29) is 48.2 Å². The van der Waals surface area contributed by atoms with Gasteiger partial charge >= 0.3 is 5.97 Å². The Balaban J connectivity index is 1.35. The van der Waals surface area contributed by atoms with Gasteiger partial charge in [0.05, 0.1) is 30.0 Å². The van der Waals surface area contributed by atoms with Crippen LogP contribution in [0.5, 0.6) is 0 Å². The molecule has 0 bridgehead atoms. The van der Waals surface area contributed by atoms with E-state index in [4.69, 9.17) is 4.74 Å². The SMILES string of the molecule is CCOC(=O)C1CCN(S(=O)(=O)c2cccc(C(=O)CNCC(c3cccs3)N3CCCC3)c2)CC1. The molecule has 0 radical (unpaired) electrons. The Hall–Kier alpha value is -2.11. The highest BCUT2D eigenvalue weighted by molar-refractivity contribution is 7.89. The van der Waals surface area contributed by atoms with Crippen LogP contribution in [0.2, 0.25) is 0 Å². The number of nitrogens with one attached hydrogen (secondary N) is 1. The molecular formula is C26H35N3O5S2. The number of hydrogen-bond donors (Lipinski definition) is 1. The number of ketones is 1. The summed E-state index contributed by atoms with van der Waals surface area (Å²) < 4.78 is 32.9. The fourth-order valence-electron chi connectivity index (χ4n) is 4.94. The van der Waals surface area contributed by atoms with Crippen LogP contribution in [-0.4, -0.2) is 75.3 Å². The fourth-order valence-corrected chi connectivity index (χ4v) is 7.32. The highest BCUT2D eigenvalue weighted by atomic mass is 32.2. The lowest BCUT2D eigenvalue weighted by molar-refractivity contribution is -0.149. The van der Waals surface area contributed by atoms with Crippen LogP contribution in [-0.2, 0) is 19.6 Å².